The number of amides is 1. The van der Waals surface area contributed by atoms with Gasteiger partial charge in [-0.25, -0.2) is 0 Å². The first kappa shape index (κ1) is 16.4. The van der Waals surface area contributed by atoms with Gasteiger partial charge in [0.1, 0.15) is 0 Å². The van der Waals surface area contributed by atoms with Crippen LogP contribution < -0.4 is 5.32 Å². The Morgan fingerprint density at radius 2 is 1.58 bits per heavy atom. The van der Waals surface area contributed by atoms with E-state index in [2.05, 4.69) is 5.32 Å². The average Bonchev–Trinajstić information content (AvgIpc) is 2.54. The van der Waals surface area contributed by atoms with Crippen LogP contribution >= 0.6 is 0 Å². The van der Waals surface area contributed by atoms with E-state index in [1.807, 2.05) is 0 Å². The number of rotatable bonds is 5. The summed E-state index contributed by atoms with van der Waals surface area (Å²) in [5.41, 5.74) is 0. The highest BCUT2D eigenvalue weighted by atomic mass is 16.5. The second-order valence-electron chi connectivity index (χ2n) is 8.60. The lowest BCUT2D eigenvalue weighted by Gasteiger charge is -2.53. The molecule has 4 saturated carbocycles. The van der Waals surface area contributed by atoms with Crippen LogP contribution in [0.1, 0.15) is 44.9 Å². The highest BCUT2D eigenvalue weighted by Crippen LogP contribution is 2.56. The Balaban J connectivity index is 1.36. The van der Waals surface area contributed by atoms with Crippen LogP contribution in [0.15, 0.2) is 0 Å². The van der Waals surface area contributed by atoms with Crippen LogP contribution in [0.2, 0.25) is 0 Å². The zero-order valence-electron chi connectivity index (χ0n) is 14.3. The van der Waals surface area contributed by atoms with Crippen LogP contribution in [-0.4, -0.2) is 36.7 Å². The first-order chi connectivity index (χ1) is 11.6. The van der Waals surface area contributed by atoms with Crippen molar-refractivity contribution < 1.29 is 19.4 Å². The molecule has 5 aliphatic rings. The van der Waals surface area contributed by atoms with E-state index >= 15 is 0 Å². The number of carbonyl (C=O) groups is 2. The zero-order valence-corrected chi connectivity index (χ0v) is 14.3. The fourth-order valence-corrected chi connectivity index (χ4v) is 6.26. The number of hydrogen-bond donors (Lipinski definition) is 2. The Hall–Kier alpha value is -1.10. The van der Waals surface area contributed by atoms with Gasteiger partial charge >= 0.3 is 5.97 Å². The minimum absolute atomic E-state index is 0.120. The highest BCUT2D eigenvalue weighted by molar-refractivity contribution is 5.80. The molecular weight excluding hydrogens is 306 g/mol. The number of hydrogen-bond acceptors (Lipinski definition) is 3. The molecule has 1 aliphatic heterocycles. The number of carboxylic acid groups (broad SMARTS) is 1. The normalized spacial score (nSPS) is 39.6. The van der Waals surface area contributed by atoms with Gasteiger partial charge in [-0.2, -0.15) is 0 Å². The number of nitrogens with one attached hydrogen (secondary N) is 1. The molecule has 1 heterocycles. The number of ether oxygens (including phenoxy) is 1. The van der Waals surface area contributed by atoms with Crippen LogP contribution in [0.4, 0.5) is 0 Å². The van der Waals surface area contributed by atoms with E-state index in [9.17, 15) is 14.7 Å². The fraction of sp³-hybridized carbons (Fsp3) is 0.895. The van der Waals surface area contributed by atoms with Crippen molar-refractivity contribution in [2.75, 3.05) is 19.8 Å². The summed E-state index contributed by atoms with van der Waals surface area (Å²) in [6, 6.07) is 0. The molecule has 1 unspecified atom stereocenters. The molecule has 5 nitrogen and oxygen atoms in total. The summed E-state index contributed by atoms with van der Waals surface area (Å²) >= 11 is 0. The Bertz CT molecular complexity index is 472. The van der Waals surface area contributed by atoms with Gasteiger partial charge in [0.15, 0.2) is 0 Å². The van der Waals surface area contributed by atoms with E-state index in [1.165, 1.54) is 32.1 Å². The van der Waals surface area contributed by atoms with E-state index in [4.69, 9.17) is 4.74 Å². The number of aliphatic carboxylic acids is 1. The van der Waals surface area contributed by atoms with Gasteiger partial charge in [-0.1, -0.05) is 0 Å². The van der Waals surface area contributed by atoms with E-state index < -0.39 is 11.9 Å². The summed E-state index contributed by atoms with van der Waals surface area (Å²) in [5.74, 6) is 1.93. The predicted octanol–water partition coefficient (Wildman–Crippen LogP) is 2.30. The molecule has 0 aromatic carbocycles. The Morgan fingerprint density at radius 3 is 2.12 bits per heavy atom. The fourth-order valence-electron chi connectivity index (χ4n) is 6.26. The third-order valence-electron chi connectivity index (χ3n) is 7.18. The lowest BCUT2D eigenvalue weighted by molar-refractivity contribution is -0.145. The molecular formula is C19H29NO4. The maximum atomic E-state index is 12.8. The summed E-state index contributed by atoms with van der Waals surface area (Å²) in [7, 11) is 0. The van der Waals surface area contributed by atoms with Crippen molar-refractivity contribution in [3.05, 3.63) is 0 Å². The summed E-state index contributed by atoms with van der Waals surface area (Å²) in [6.45, 7) is 1.55. The van der Waals surface area contributed by atoms with Crippen molar-refractivity contribution in [3.63, 3.8) is 0 Å². The van der Waals surface area contributed by atoms with Crippen molar-refractivity contribution in [1.82, 2.24) is 5.32 Å². The van der Waals surface area contributed by atoms with Crippen LogP contribution in [0.3, 0.4) is 0 Å². The summed E-state index contributed by atoms with van der Waals surface area (Å²) in [5, 5.41) is 12.6. The Labute approximate surface area is 143 Å². The minimum atomic E-state index is -0.785. The SMILES string of the molecule is O=C(O)C(CNC(=O)C1C2CC3CC(C2)CC1C3)C1CCOCC1. The second kappa shape index (κ2) is 6.66. The van der Waals surface area contributed by atoms with E-state index in [0.29, 0.717) is 25.0 Å². The van der Waals surface area contributed by atoms with Gasteiger partial charge in [0.2, 0.25) is 5.91 Å². The average molecular weight is 335 g/mol. The van der Waals surface area contributed by atoms with E-state index in [0.717, 1.165) is 24.7 Å². The van der Waals surface area contributed by atoms with Gasteiger partial charge in [-0.05, 0) is 74.5 Å². The van der Waals surface area contributed by atoms with Gasteiger partial charge in [-0.15, -0.1) is 0 Å². The van der Waals surface area contributed by atoms with Gasteiger partial charge in [0.25, 0.3) is 0 Å². The lowest BCUT2D eigenvalue weighted by Crippen LogP contribution is -2.52. The smallest absolute Gasteiger partial charge is 0.308 e. The number of carboxylic acids is 1. The number of carbonyl (C=O) groups excluding carboxylic acids is 1. The van der Waals surface area contributed by atoms with Crippen molar-refractivity contribution in [2.24, 2.45) is 41.4 Å². The van der Waals surface area contributed by atoms with Gasteiger partial charge in [0.05, 0.1) is 5.92 Å². The highest BCUT2D eigenvalue weighted by Gasteiger charge is 2.50. The topological polar surface area (TPSA) is 75.6 Å². The molecule has 1 saturated heterocycles. The van der Waals surface area contributed by atoms with Gasteiger partial charge in [0, 0.05) is 25.7 Å². The van der Waals surface area contributed by atoms with E-state index in [1.54, 1.807) is 0 Å². The third kappa shape index (κ3) is 3.07. The monoisotopic (exact) mass is 335 g/mol. The molecule has 0 spiro atoms. The predicted molar refractivity (Wildman–Crippen MR) is 88.2 cm³/mol. The largest absolute Gasteiger partial charge is 0.481 e. The molecule has 2 N–H and O–H groups in total. The van der Waals surface area contributed by atoms with Crippen LogP contribution in [0.25, 0.3) is 0 Å². The third-order valence-corrected chi connectivity index (χ3v) is 7.18. The Morgan fingerprint density at radius 1 is 1.00 bits per heavy atom. The van der Waals surface area contributed by atoms with Crippen LogP contribution in [0.5, 0.6) is 0 Å². The summed E-state index contributed by atoms with van der Waals surface area (Å²) < 4.78 is 5.33. The maximum absolute atomic E-state index is 12.8. The molecule has 4 aliphatic carbocycles. The quantitative estimate of drug-likeness (QED) is 0.808. The van der Waals surface area contributed by atoms with Gasteiger partial charge < -0.3 is 15.2 Å². The molecule has 0 aromatic heterocycles. The maximum Gasteiger partial charge on any atom is 0.308 e. The molecule has 4 bridgehead atoms. The first-order valence-corrected chi connectivity index (χ1v) is 9.70. The molecule has 134 valence electrons. The standard InChI is InChI=1S/C19H29NO4/c21-18(17-14-6-11-5-12(8-14)9-15(17)7-11)20-10-16(19(22)23)13-1-3-24-4-2-13/h11-17H,1-10H2,(H,20,21)(H,22,23). The lowest BCUT2D eigenvalue weighted by atomic mass is 9.51. The van der Waals surface area contributed by atoms with Crippen molar-refractivity contribution in [1.29, 1.82) is 0 Å². The second-order valence-corrected chi connectivity index (χ2v) is 8.60. The molecule has 0 aromatic rings. The van der Waals surface area contributed by atoms with Crippen LogP contribution in [0, 0.1) is 41.4 Å². The minimum Gasteiger partial charge on any atom is -0.481 e. The van der Waals surface area contributed by atoms with Gasteiger partial charge in [-0.3, -0.25) is 9.59 Å². The molecule has 24 heavy (non-hydrogen) atoms. The molecule has 1 atom stereocenters. The Kier molecular flexibility index (Phi) is 4.54. The first-order valence-electron chi connectivity index (χ1n) is 9.70. The van der Waals surface area contributed by atoms with Crippen molar-refractivity contribution in [2.45, 2.75) is 44.9 Å². The van der Waals surface area contributed by atoms with Crippen LogP contribution in [-0.2, 0) is 14.3 Å². The zero-order chi connectivity index (χ0) is 16.7. The molecule has 5 rings (SSSR count). The summed E-state index contributed by atoms with van der Waals surface area (Å²) in [6.07, 6.45) is 7.81. The summed E-state index contributed by atoms with van der Waals surface area (Å²) in [4.78, 5) is 24.5. The van der Waals surface area contributed by atoms with Crippen molar-refractivity contribution >= 4 is 11.9 Å². The molecule has 1 amide bonds. The van der Waals surface area contributed by atoms with E-state index in [-0.39, 0.29) is 24.3 Å². The molecule has 5 fully saturated rings. The van der Waals surface area contributed by atoms with Crippen molar-refractivity contribution in [3.8, 4) is 0 Å². The molecule has 5 heteroatoms. The molecule has 0 radical (unpaired) electrons.